The first kappa shape index (κ1) is 18.4. The third kappa shape index (κ3) is 3.34. The van der Waals surface area contributed by atoms with Gasteiger partial charge in [0.25, 0.3) is 0 Å². The first-order valence-corrected chi connectivity index (χ1v) is 10.8. The Labute approximate surface area is 171 Å². The zero-order chi connectivity index (χ0) is 20.0. The van der Waals surface area contributed by atoms with E-state index in [4.69, 9.17) is 5.26 Å². The van der Waals surface area contributed by atoms with Crippen LogP contribution in [0.5, 0.6) is 5.75 Å². The van der Waals surface area contributed by atoms with Crippen molar-refractivity contribution in [1.82, 2.24) is 15.1 Å². The van der Waals surface area contributed by atoms with Crippen molar-refractivity contribution in [2.24, 2.45) is 0 Å². The van der Waals surface area contributed by atoms with Crippen LogP contribution in [0.15, 0.2) is 18.2 Å². The topological polar surface area (TPSA) is 76.3 Å². The molecule has 1 aliphatic carbocycles. The number of hydrogen-bond acceptors (Lipinski definition) is 6. The van der Waals surface area contributed by atoms with Crippen molar-refractivity contribution in [3.8, 4) is 23.1 Å². The molecule has 3 heterocycles. The van der Waals surface area contributed by atoms with Crippen LogP contribution in [-0.4, -0.2) is 51.9 Å². The molecular weight excluding hydrogens is 362 g/mol. The predicted octanol–water partition coefficient (Wildman–Crippen LogP) is 3.41. The van der Waals surface area contributed by atoms with Crippen LogP contribution in [0.25, 0.3) is 11.3 Å². The van der Waals surface area contributed by atoms with E-state index in [0.717, 1.165) is 49.0 Å². The minimum absolute atomic E-state index is 0.0846. The predicted molar refractivity (Wildman–Crippen MR) is 112 cm³/mol. The Morgan fingerprint density at radius 3 is 2.72 bits per heavy atom. The molecule has 5 rings (SSSR count). The summed E-state index contributed by atoms with van der Waals surface area (Å²) in [5.41, 5.74) is 4.16. The van der Waals surface area contributed by atoms with Gasteiger partial charge in [0.05, 0.1) is 17.3 Å². The van der Waals surface area contributed by atoms with E-state index in [1.54, 1.807) is 12.1 Å². The van der Waals surface area contributed by atoms with E-state index in [0.29, 0.717) is 17.2 Å². The fourth-order valence-electron chi connectivity index (χ4n) is 5.03. The average molecular weight is 390 g/mol. The lowest BCUT2D eigenvalue weighted by Crippen LogP contribution is -2.50. The molecular formula is C23H27N5O. The lowest BCUT2D eigenvalue weighted by atomic mass is 9.94. The molecule has 29 heavy (non-hydrogen) atoms. The van der Waals surface area contributed by atoms with E-state index in [1.807, 2.05) is 0 Å². The van der Waals surface area contributed by atoms with Gasteiger partial charge in [-0.15, -0.1) is 10.2 Å². The molecule has 0 amide bonds. The van der Waals surface area contributed by atoms with Gasteiger partial charge >= 0.3 is 0 Å². The quantitative estimate of drug-likeness (QED) is 0.867. The first-order valence-electron chi connectivity index (χ1n) is 10.8. The van der Waals surface area contributed by atoms with E-state index in [9.17, 15) is 5.11 Å². The summed E-state index contributed by atoms with van der Waals surface area (Å²) < 4.78 is 0. The lowest BCUT2D eigenvalue weighted by Gasteiger charge is -2.42. The standard InChI is InChI=1S/C23H27N5O/c1-15-19-5-3-11-28(18-4-2-10-27(14-18)17-7-8-17)23(19)26-25-22(15)20-9-6-16(13-24)12-21(20)29/h6,9,12,17-18,29H,2-5,7-8,10-11,14H2,1H3. The number of rotatable bonds is 3. The van der Waals surface area contributed by atoms with Crippen molar-refractivity contribution >= 4 is 5.82 Å². The highest BCUT2D eigenvalue weighted by Gasteiger charge is 2.36. The van der Waals surface area contributed by atoms with Gasteiger partial charge in [-0.05, 0) is 75.8 Å². The Hall–Kier alpha value is -2.65. The summed E-state index contributed by atoms with van der Waals surface area (Å²) >= 11 is 0. The van der Waals surface area contributed by atoms with Crippen LogP contribution in [0.4, 0.5) is 5.82 Å². The average Bonchev–Trinajstić information content (AvgIpc) is 3.60. The van der Waals surface area contributed by atoms with Crippen molar-refractivity contribution in [2.75, 3.05) is 24.5 Å². The maximum absolute atomic E-state index is 10.4. The summed E-state index contributed by atoms with van der Waals surface area (Å²) in [5.74, 6) is 1.12. The molecule has 1 N–H and O–H groups in total. The molecule has 3 aliphatic rings. The van der Waals surface area contributed by atoms with E-state index < -0.39 is 0 Å². The molecule has 1 unspecified atom stereocenters. The minimum atomic E-state index is 0.0846. The minimum Gasteiger partial charge on any atom is -0.507 e. The molecule has 2 aromatic rings. The Balaban J connectivity index is 1.47. The second kappa shape index (κ2) is 7.31. The molecule has 0 spiro atoms. The Morgan fingerprint density at radius 1 is 1.10 bits per heavy atom. The Bertz CT molecular complexity index is 978. The molecule has 150 valence electrons. The molecule has 1 saturated heterocycles. The van der Waals surface area contributed by atoms with Crippen molar-refractivity contribution in [1.29, 1.82) is 5.26 Å². The molecule has 1 aromatic heterocycles. The first-order chi connectivity index (χ1) is 14.2. The van der Waals surface area contributed by atoms with E-state index in [-0.39, 0.29) is 5.75 Å². The fourth-order valence-corrected chi connectivity index (χ4v) is 5.03. The molecule has 2 fully saturated rings. The number of anilines is 1. The molecule has 6 heteroatoms. The summed E-state index contributed by atoms with van der Waals surface area (Å²) in [4.78, 5) is 5.17. The molecule has 1 saturated carbocycles. The second-order valence-electron chi connectivity index (χ2n) is 8.64. The molecule has 0 bridgehead atoms. The highest BCUT2D eigenvalue weighted by Crippen LogP contribution is 2.38. The lowest BCUT2D eigenvalue weighted by molar-refractivity contribution is 0.193. The van der Waals surface area contributed by atoms with E-state index >= 15 is 0 Å². The van der Waals surface area contributed by atoms with Gasteiger partial charge in [-0.2, -0.15) is 5.26 Å². The van der Waals surface area contributed by atoms with Crippen LogP contribution < -0.4 is 4.90 Å². The fraction of sp³-hybridized carbons (Fsp3) is 0.522. The van der Waals surface area contributed by atoms with Gasteiger partial charge < -0.3 is 10.0 Å². The highest BCUT2D eigenvalue weighted by molar-refractivity contribution is 5.73. The monoisotopic (exact) mass is 389 g/mol. The van der Waals surface area contributed by atoms with E-state index in [1.165, 1.54) is 43.9 Å². The number of piperidine rings is 1. The Kier molecular flexibility index (Phi) is 4.63. The molecule has 2 aliphatic heterocycles. The smallest absolute Gasteiger partial charge is 0.155 e. The number of hydrogen-bond donors (Lipinski definition) is 1. The van der Waals surface area contributed by atoms with Gasteiger partial charge in [0, 0.05) is 36.3 Å². The SMILES string of the molecule is Cc1c(-c2ccc(C#N)cc2O)nnc2c1CCCN2C1CCCN(C2CC2)C1. The maximum atomic E-state index is 10.4. The summed E-state index contributed by atoms with van der Waals surface area (Å²) in [6, 6.07) is 8.38. The largest absolute Gasteiger partial charge is 0.507 e. The van der Waals surface area contributed by atoms with Gasteiger partial charge in [0.15, 0.2) is 5.82 Å². The summed E-state index contributed by atoms with van der Waals surface area (Å²) in [7, 11) is 0. The number of phenols is 1. The van der Waals surface area contributed by atoms with Crippen LogP contribution in [0, 0.1) is 18.3 Å². The summed E-state index contributed by atoms with van der Waals surface area (Å²) in [6.07, 6.45) is 7.33. The zero-order valence-electron chi connectivity index (χ0n) is 16.9. The number of phenolic OH excluding ortho intramolecular Hbond substituents is 1. The van der Waals surface area contributed by atoms with Gasteiger partial charge in [-0.1, -0.05) is 0 Å². The number of aromatic hydroxyl groups is 1. The molecule has 1 aromatic carbocycles. The van der Waals surface area contributed by atoms with Crippen molar-refractivity contribution in [2.45, 2.75) is 57.5 Å². The van der Waals surface area contributed by atoms with Crippen LogP contribution in [0.2, 0.25) is 0 Å². The molecule has 6 nitrogen and oxygen atoms in total. The van der Waals surface area contributed by atoms with Crippen LogP contribution >= 0.6 is 0 Å². The third-order valence-corrected chi connectivity index (χ3v) is 6.73. The zero-order valence-corrected chi connectivity index (χ0v) is 16.9. The summed E-state index contributed by atoms with van der Waals surface area (Å²) in [5, 5.41) is 28.7. The van der Waals surface area contributed by atoms with Gasteiger partial charge in [0.1, 0.15) is 5.75 Å². The number of aromatic nitrogens is 2. The highest BCUT2D eigenvalue weighted by atomic mass is 16.3. The molecule has 0 radical (unpaired) electrons. The van der Waals surface area contributed by atoms with Crippen LogP contribution in [0.1, 0.15) is 48.8 Å². The maximum Gasteiger partial charge on any atom is 0.155 e. The van der Waals surface area contributed by atoms with Gasteiger partial charge in [0.2, 0.25) is 0 Å². The van der Waals surface area contributed by atoms with Crippen LogP contribution in [0.3, 0.4) is 0 Å². The van der Waals surface area contributed by atoms with Crippen molar-refractivity contribution < 1.29 is 5.11 Å². The normalized spacial score (nSPS) is 22.2. The van der Waals surface area contributed by atoms with Gasteiger partial charge in [-0.3, -0.25) is 4.90 Å². The number of likely N-dealkylation sites (tertiary alicyclic amines) is 1. The number of fused-ring (bicyclic) bond motifs is 1. The third-order valence-electron chi connectivity index (χ3n) is 6.73. The number of benzene rings is 1. The molecule has 1 atom stereocenters. The Morgan fingerprint density at radius 2 is 1.97 bits per heavy atom. The van der Waals surface area contributed by atoms with Gasteiger partial charge in [-0.25, -0.2) is 0 Å². The second-order valence-corrected chi connectivity index (χ2v) is 8.64. The number of nitrogens with zero attached hydrogens (tertiary/aromatic N) is 5. The van der Waals surface area contributed by atoms with Crippen LogP contribution in [-0.2, 0) is 6.42 Å². The van der Waals surface area contributed by atoms with Crippen molar-refractivity contribution in [3.63, 3.8) is 0 Å². The number of nitriles is 1. The summed E-state index contributed by atoms with van der Waals surface area (Å²) in [6.45, 7) is 5.51. The van der Waals surface area contributed by atoms with E-state index in [2.05, 4.69) is 33.0 Å². The van der Waals surface area contributed by atoms with Crippen molar-refractivity contribution in [3.05, 3.63) is 34.9 Å².